The third-order valence-corrected chi connectivity index (χ3v) is 2.45. The summed E-state index contributed by atoms with van der Waals surface area (Å²) in [6, 6.07) is 0. The minimum absolute atomic E-state index is 0.268. The number of Topliss-reactive ketones (excluding diaryl/α,β-unsaturated/α-hetero) is 1. The number of nitrogens with zero attached hydrogens (tertiary/aromatic N) is 1. The third kappa shape index (κ3) is 1.28. The van der Waals surface area contributed by atoms with Gasteiger partial charge in [0.25, 0.3) is 0 Å². The Labute approximate surface area is 81.5 Å². The molecule has 1 rings (SSSR count). The van der Waals surface area contributed by atoms with Crippen LogP contribution in [0.15, 0.2) is 0 Å². The molecule has 0 N–H and O–H groups in total. The van der Waals surface area contributed by atoms with E-state index in [2.05, 4.69) is 0 Å². The van der Waals surface area contributed by atoms with Crippen molar-refractivity contribution in [1.29, 1.82) is 0 Å². The SMILES string of the molecule is Cc1c(C(=O)C=O)c(C)n(C)c1C=O. The fourth-order valence-corrected chi connectivity index (χ4v) is 1.59. The van der Waals surface area contributed by atoms with Crippen LogP contribution >= 0.6 is 0 Å². The maximum Gasteiger partial charge on any atom is 0.227 e. The summed E-state index contributed by atoms with van der Waals surface area (Å²) in [4.78, 5) is 32.3. The van der Waals surface area contributed by atoms with Gasteiger partial charge >= 0.3 is 0 Å². The quantitative estimate of drug-likeness (QED) is 0.406. The largest absolute Gasteiger partial charge is 0.345 e. The molecule has 1 aromatic heterocycles. The zero-order valence-electron chi connectivity index (χ0n) is 8.33. The zero-order chi connectivity index (χ0) is 10.9. The Kier molecular flexibility index (Phi) is 2.65. The Morgan fingerprint density at radius 2 is 1.86 bits per heavy atom. The average Bonchev–Trinajstić information content (AvgIpc) is 2.38. The van der Waals surface area contributed by atoms with Crippen molar-refractivity contribution in [3.63, 3.8) is 0 Å². The first kappa shape index (κ1) is 10.4. The van der Waals surface area contributed by atoms with Crippen LogP contribution in [0.3, 0.4) is 0 Å². The molecule has 0 atom stereocenters. The molecule has 0 aliphatic carbocycles. The molecular weight excluding hydrogens is 182 g/mol. The van der Waals surface area contributed by atoms with Gasteiger partial charge in [0.1, 0.15) is 0 Å². The highest BCUT2D eigenvalue weighted by Crippen LogP contribution is 2.19. The molecule has 0 spiro atoms. The predicted octanol–water partition coefficient (Wildman–Crippen LogP) is 0.836. The van der Waals surface area contributed by atoms with Gasteiger partial charge in [-0.05, 0) is 19.4 Å². The highest BCUT2D eigenvalue weighted by Gasteiger charge is 2.19. The average molecular weight is 193 g/mol. The number of hydrogen-bond donors (Lipinski definition) is 0. The molecule has 0 saturated heterocycles. The van der Waals surface area contributed by atoms with E-state index in [1.54, 1.807) is 25.5 Å². The maximum atomic E-state index is 11.2. The van der Waals surface area contributed by atoms with E-state index in [1.807, 2.05) is 0 Å². The van der Waals surface area contributed by atoms with Crippen molar-refractivity contribution < 1.29 is 14.4 Å². The Morgan fingerprint density at radius 1 is 1.29 bits per heavy atom. The van der Waals surface area contributed by atoms with Gasteiger partial charge in [0, 0.05) is 18.3 Å². The molecule has 0 aliphatic heterocycles. The minimum Gasteiger partial charge on any atom is -0.345 e. The molecule has 1 aromatic rings. The maximum absolute atomic E-state index is 11.2. The third-order valence-electron chi connectivity index (χ3n) is 2.45. The molecule has 74 valence electrons. The van der Waals surface area contributed by atoms with E-state index in [0.717, 1.165) is 0 Å². The van der Waals surface area contributed by atoms with Gasteiger partial charge in [-0.3, -0.25) is 14.4 Å². The molecule has 14 heavy (non-hydrogen) atoms. The first-order valence-electron chi connectivity index (χ1n) is 4.15. The molecule has 0 saturated carbocycles. The van der Waals surface area contributed by atoms with E-state index in [4.69, 9.17) is 0 Å². The van der Waals surface area contributed by atoms with Gasteiger partial charge in [-0.1, -0.05) is 0 Å². The fraction of sp³-hybridized carbons (Fsp3) is 0.300. The first-order valence-corrected chi connectivity index (χ1v) is 4.15. The summed E-state index contributed by atoms with van der Waals surface area (Å²) < 4.78 is 1.61. The summed E-state index contributed by atoms with van der Waals surface area (Å²) in [6.45, 7) is 3.37. The number of carbonyl (C=O) groups excluding carboxylic acids is 3. The first-order chi connectivity index (χ1) is 6.54. The van der Waals surface area contributed by atoms with E-state index >= 15 is 0 Å². The lowest BCUT2D eigenvalue weighted by Crippen LogP contribution is -2.03. The van der Waals surface area contributed by atoms with Crippen LogP contribution in [0.2, 0.25) is 0 Å². The summed E-state index contributed by atoms with van der Waals surface area (Å²) in [6.07, 6.45) is 0.952. The summed E-state index contributed by atoms with van der Waals surface area (Å²) in [5.74, 6) is -0.580. The molecular formula is C10H11NO3. The van der Waals surface area contributed by atoms with Crippen LogP contribution in [0.25, 0.3) is 0 Å². The minimum atomic E-state index is -0.580. The monoisotopic (exact) mass is 193 g/mol. The number of aldehydes is 2. The predicted molar refractivity (Wildman–Crippen MR) is 50.7 cm³/mol. The van der Waals surface area contributed by atoms with E-state index in [0.29, 0.717) is 28.8 Å². The molecule has 0 amide bonds. The van der Waals surface area contributed by atoms with Crippen molar-refractivity contribution in [2.24, 2.45) is 7.05 Å². The fourth-order valence-electron chi connectivity index (χ4n) is 1.59. The second kappa shape index (κ2) is 3.57. The molecule has 0 fully saturated rings. The molecule has 0 aliphatic rings. The number of ketones is 1. The highest BCUT2D eigenvalue weighted by atomic mass is 16.2. The van der Waals surface area contributed by atoms with Crippen LogP contribution in [0.1, 0.15) is 32.1 Å². The number of carbonyl (C=O) groups is 3. The molecule has 0 radical (unpaired) electrons. The molecule has 0 aromatic carbocycles. The lowest BCUT2D eigenvalue weighted by molar-refractivity contribution is -0.104. The molecule has 0 bridgehead atoms. The van der Waals surface area contributed by atoms with Crippen molar-refractivity contribution >= 4 is 18.4 Å². The van der Waals surface area contributed by atoms with E-state index in [1.165, 1.54) is 0 Å². The van der Waals surface area contributed by atoms with Gasteiger partial charge in [-0.25, -0.2) is 0 Å². The van der Waals surface area contributed by atoms with E-state index < -0.39 is 5.78 Å². The van der Waals surface area contributed by atoms with Crippen LogP contribution in [-0.2, 0) is 11.8 Å². The molecule has 0 unspecified atom stereocenters. The van der Waals surface area contributed by atoms with Crippen molar-refractivity contribution in [2.45, 2.75) is 13.8 Å². The van der Waals surface area contributed by atoms with Gasteiger partial charge in [0.2, 0.25) is 5.78 Å². The molecule has 4 nitrogen and oxygen atoms in total. The van der Waals surface area contributed by atoms with Crippen molar-refractivity contribution in [1.82, 2.24) is 4.57 Å². The Hall–Kier alpha value is -1.71. The highest BCUT2D eigenvalue weighted by molar-refractivity contribution is 6.34. The van der Waals surface area contributed by atoms with Crippen LogP contribution in [0, 0.1) is 13.8 Å². The number of hydrogen-bond acceptors (Lipinski definition) is 3. The van der Waals surface area contributed by atoms with Crippen LogP contribution in [0.4, 0.5) is 0 Å². The van der Waals surface area contributed by atoms with Gasteiger partial charge in [-0.15, -0.1) is 0 Å². The zero-order valence-corrected chi connectivity index (χ0v) is 8.33. The summed E-state index contributed by atoms with van der Waals surface area (Å²) in [5, 5.41) is 0. The lowest BCUT2D eigenvalue weighted by Gasteiger charge is -1.97. The Bertz CT molecular complexity index is 415. The van der Waals surface area contributed by atoms with Crippen molar-refractivity contribution in [3.8, 4) is 0 Å². The number of rotatable bonds is 3. The van der Waals surface area contributed by atoms with Crippen LogP contribution < -0.4 is 0 Å². The van der Waals surface area contributed by atoms with Gasteiger partial charge in [0.15, 0.2) is 12.6 Å². The smallest absolute Gasteiger partial charge is 0.227 e. The molecule has 1 heterocycles. The van der Waals surface area contributed by atoms with E-state index in [-0.39, 0.29) is 6.29 Å². The van der Waals surface area contributed by atoms with Crippen LogP contribution in [-0.4, -0.2) is 22.9 Å². The second-order valence-corrected chi connectivity index (χ2v) is 3.13. The van der Waals surface area contributed by atoms with Gasteiger partial charge in [-0.2, -0.15) is 0 Å². The van der Waals surface area contributed by atoms with Gasteiger partial charge in [0.05, 0.1) is 5.69 Å². The van der Waals surface area contributed by atoms with E-state index in [9.17, 15) is 14.4 Å². The Morgan fingerprint density at radius 3 is 2.21 bits per heavy atom. The summed E-state index contributed by atoms with van der Waals surface area (Å²) in [7, 11) is 1.69. The standard InChI is InChI=1S/C10H11NO3/c1-6-8(4-12)11(3)7(2)10(6)9(14)5-13/h4-5H,1-3H3. The van der Waals surface area contributed by atoms with Gasteiger partial charge < -0.3 is 4.57 Å². The van der Waals surface area contributed by atoms with Crippen molar-refractivity contribution in [3.05, 3.63) is 22.5 Å². The Balaban J connectivity index is 3.52. The topological polar surface area (TPSA) is 56.1 Å². The summed E-state index contributed by atoms with van der Waals surface area (Å²) >= 11 is 0. The van der Waals surface area contributed by atoms with Crippen molar-refractivity contribution in [2.75, 3.05) is 0 Å². The number of aromatic nitrogens is 1. The molecule has 4 heteroatoms. The summed E-state index contributed by atoms with van der Waals surface area (Å²) in [5.41, 5.74) is 1.98. The van der Waals surface area contributed by atoms with Crippen LogP contribution in [0.5, 0.6) is 0 Å². The normalized spacial score (nSPS) is 9.93. The second-order valence-electron chi connectivity index (χ2n) is 3.13. The lowest BCUT2D eigenvalue weighted by atomic mass is 10.1.